The van der Waals surface area contributed by atoms with E-state index in [-0.39, 0.29) is 0 Å². The molecule has 1 nitrogen and oxygen atoms in total. The molecule has 2 saturated carbocycles. The Hall–Kier alpha value is -0.340. The first kappa shape index (κ1) is 9.86. The van der Waals surface area contributed by atoms with Crippen molar-refractivity contribution in [1.29, 1.82) is 0 Å². The second-order valence-electron chi connectivity index (χ2n) is 4.86. The van der Waals surface area contributed by atoms with Crippen LogP contribution in [0.2, 0.25) is 4.34 Å². The highest BCUT2D eigenvalue weighted by Crippen LogP contribution is 2.55. The Morgan fingerprint density at radius 3 is 2.60 bits per heavy atom. The van der Waals surface area contributed by atoms with Crippen molar-refractivity contribution in [1.82, 2.24) is 0 Å². The van der Waals surface area contributed by atoms with Gasteiger partial charge in [0.2, 0.25) is 0 Å². The van der Waals surface area contributed by atoms with Crippen LogP contribution in [0.25, 0.3) is 0 Å². The quantitative estimate of drug-likeness (QED) is 0.716. The average molecular weight is 241 g/mol. The van der Waals surface area contributed by atoms with Gasteiger partial charge in [-0.15, -0.1) is 11.3 Å². The Morgan fingerprint density at radius 2 is 2.07 bits per heavy atom. The van der Waals surface area contributed by atoms with Crippen molar-refractivity contribution in [3.63, 3.8) is 0 Å². The number of fused-ring (bicyclic) bond motifs is 1. The van der Waals surface area contributed by atoms with Crippen LogP contribution in [0.3, 0.4) is 0 Å². The van der Waals surface area contributed by atoms with Gasteiger partial charge < -0.3 is 0 Å². The predicted octanol–water partition coefficient (Wildman–Crippen LogP) is 3.94. The first-order valence-electron chi connectivity index (χ1n) is 5.45. The van der Waals surface area contributed by atoms with Crippen molar-refractivity contribution in [2.45, 2.75) is 26.2 Å². The number of hydrogen-bond donors (Lipinski definition) is 0. The zero-order valence-electron chi connectivity index (χ0n) is 8.63. The van der Waals surface area contributed by atoms with Gasteiger partial charge in [-0.1, -0.05) is 11.6 Å². The standard InChI is InChI=1S/C12H13ClOS/c1-6-2-10(15-12(6)13)11(14)9-4-7-3-8(7)5-9/h2,7-9H,3-5H2,1H3. The van der Waals surface area contributed by atoms with Crippen molar-refractivity contribution in [2.24, 2.45) is 17.8 Å². The van der Waals surface area contributed by atoms with Crippen molar-refractivity contribution in [2.75, 3.05) is 0 Å². The molecule has 2 fully saturated rings. The van der Waals surface area contributed by atoms with Crippen LogP contribution in [0.15, 0.2) is 6.07 Å². The lowest BCUT2D eigenvalue weighted by atomic mass is 9.97. The van der Waals surface area contributed by atoms with Gasteiger partial charge in [0.15, 0.2) is 5.78 Å². The van der Waals surface area contributed by atoms with E-state index in [0.29, 0.717) is 11.7 Å². The molecule has 80 valence electrons. The minimum atomic E-state index is 0.294. The number of carbonyl (C=O) groups excluding carboxylic acids is 1. The van der Waals surface area contributed by atoms with E-state index >= 15 is 0 Å². The van der Waals surface area contributed by atoms with Crippen LogP contribution in [0, 0.1) is 24.7 Å². The summed E-state index contributed by atoms with van der Waals surface area (Å²) in [6.45, 7) is 1.96. The normalized spacial score (nSPS) is 32.8. The van der Waals surface area contributed by atoms with Gasteiger partial charge in [-0.05, 0) is 49.7 Å². The first-order chi connectivity index (χ1) is 7.15. The summed E-state index contributed by atoms with van der Waals surface area (Å²) in [7, 11) is 0. The monoisotopic (exact) mass is 240 g/mol. The molecule has 0 amide bonds. The van der Waals surface area contributed by atoms with Crippen LogP contribution in [0.1, 0.15) is 34.5 Å². The fourth-order valence-electron chi connectivity index (χ4n) is 2.71. The molecule has 0 aliphatic heterocycles. The topological polar surface area (TPSA) is 17.1 Å². The number of Topliss-reactive ketones (excluding diaryl/α,β-unsaturated/α-hetero) is 1. The second kappa shape index (κ2) is 3.33. The maximum Gasteiger partial charge on any atom is 0.175 e. The molecule has 2 unspecified atom stereocenters. The lowest BCUT2D eigenvalue weighted by Gasteiger charge is -2.07. The van der Waals surface area contributed by atoms with Crippen molar-refractivity contribution in [3.8, 4) is 0 Å². The zero-order chi connectivity index (χ0) is 10.6. The zero-order valence-corrected chi connectivity index (χ0v) is 10.2. The number of carbonyl (C=O) groups is 1. The highest BCUT2D eigenvalue weighted by molar-refractivity contribution is 7.18. The molecule has 2 aliphatic carbocycles. The van der Waals surface area contributed by atoms with Gasteiger partial charge >= 0.3 is 0 Å². The van der Waals surface area contributed by atoms with Crippen LogP contribution < -0.4 is 0 Å². The number of ketones is 1. The van der Waals surface area contributed by atoms with E-state index in [4.69, 9.17) is 11.6 Å². The number of rotatable bonds is 2. The number of aryl methyl sites for hydroxylation is 1. The van der Waals surface area contributed by atoms with E-state index in [0.717, 1.165) is 39.5 Å². The van der Waals surface area contributed by atoms with Crippen molar-refractivity contribution < 1.29 is 4.79 Å². The molecule has 2 aliphatic rings. The molecule has 1 aromatic rings. The summed E-state index contributed by atoms with van der Waals surface area (Å²) in [5, 5.41) is 0. The van der Waals surface area contributed by atoms with Crippen molar-refractivity contribution >= 4 is 28.7 Å². The Labute approximate surface area is 98.4 Å². The lowest BCUT2D eigenvalue weighted by molar-refractivity contribution is 0.0918. The molecule has 15 heavy (non-hydrogen) atoms. The van der Waals surface area contributed by atoms with E-state index in [1.54, 1.807) is 0 Å². The summed E-state index contributed by atoms with van der Waals surface area (Å²) in [5.74, 6) is 2.37. The van der Waals surface area contributed by atoms with E-state index in [1.165, 1.54) is 17.8 Å². The number of hydrogen-bond acceptors (Lipinski definition) is 2. The van der Waals surface area contributed by atoms with Gasteiger partial charge in [0.25, 0.3) is 0 Å². The second-order valence-corrected chi connectivity index (χ2v) is 6.51. The third kappa shape index (κ3) is 1.64. The molecule has 3 rings (SSSR count). The molecular weight excluding hydrogens is 228 g/mol. The largest absolute Gasteiger partial charge is 0.293 e. The highest BCUT2D eigenvalue weighted by Gasteiger charge is 2.48. The maximum absolute atomic E-state index is 12.1. The SMILES string of the molecule is Cc1cc(C(=O)C2CC3CC3C2)sc1Cl. The molecule has 3 heteroatoms. The van der Waals surface area contributed by atoms with E-state index in [9.17, 15) is 4.79 Å². The Bertz CT molecular complexity index is 394. The third-order valence-electron chi connectivity index (χ3n) is 3.71. The lowest BCUT2D eigenvalue weighted by Crippen LogP contribution is -2.11. The predicted molar refractivity (Wildman–Crippen MR) is 62.7 cm³/mol. The fraction of sp³-hybridized carbons (Fsp3) is 0.583. The minimum absolute atomic E-state index is 0.294. The number of halogens is 1. The summed E-state index contributed by atoms with van der Waals surface area (Å²) in [6.07, 6.45) is 3.62. The number of thiophene rings is 1. The molecule has 1 aromatic heterocycles. The minimum Gasteiger partial charge on any atom is -0.293 e. The molecule has 0 spiro atoms. The average Bonchev–Trinajstić information content (AvgIpc) is 2.66. The van der Waals surface area contributed by atoms with Crippen LogP contribution in [-0.4, -0.2) is 5.78 Å². The first-order valence-corrected chi connectivity index (χ1v) is 6.64. The van der Waals surface area contributed by atoms with Gasteiger partial charge in [0.05, 0.1) is 9.21 Å². The Balaban J connectivity index is 1.79. The summed E-state index contributed by atoms with van der Waals surface area (Å²) >= 11 is 7.43. The van der Waals surface area contributed by atoms with Crippen LogP contribution >= 0.6 is 22.9 Å². The molecule has 0 N–H and O–H groups in total. The van der Waals surface area contributed by atoms with Crippen LogP contribution in [-0.2, 0) is 0 Å². The van der Waals surface area contributed by atoms with Gasteiger partial charge in [0, 0.05) is 5.92 Å². The van der Waals surface area contributed by atoms with E-state index < -0.39 is 0 Å². The molecule has 2 atom stereocenters. The smallest absolute Gasteiger partial charge is 0.175 e. The molecule has 0 aromatic carbocycles. The van der Waals surface area contributed by atoms with Crippen molar-refractivity contribution in [3.05, 3.63) is 20.8 Å². The van der Waals surface area contributed by atoms with Gasteiger partial charge in [-0.25, -0.2) is 0 Å². The molecule has 0 radical (unpaired) electrons. The molecular formula is C12H13ClOS. The van der Waals surface area contributed by atoms with Crippen LogP contribution in [0.5, 0.6) is 0 Å². The maximum atomic E-state index is 12.1. The fourth-order valence-corrected chi connectivity index (χ4v) is 3.93. The summed E-state index contributed by atoms with van der Waals surface area (Å²) < 4.78 is 0.765. The van der Waals surface area contributed by atoms with E-state index in [2.05, 4.69) is 0 Å². The summed E-state index contributed by atoms with van der Waals surface area (Å²) in [6, 6.07) is 1.94. The van der Waals surface area contributed by atoms with Gasteiger partial charge in [-0.2, -0.15) is 0 Å². The molecule has 1 heterocycles. The highest BCUT2D eigenvalue weighted by atomic mass is 35.5. The summed E-state index contributed by atoms with van der Waals surface area (Å²) in [5.41, 5.74) is 1.04. The van der Waals surface area contributed by atoms with Gasteiger partial charge in [0.1, 0.15) is 0 Å². The Kier molecular flexibility index (Phi) is 2.18. The van der Waals surface area contributed by atoms with Crippen LogP contribution in [0.4, 0.5) is 0 Å². The Morgan fingerprint density at radius 1 is 1.40 bits per heavy atom. The molecule has 0 bridgehead atoms. The van der Waals surface area contributed by atoms with Gasteiger partial charge in [-0.3, -0.25) is 4.79 Å². The van der Waals surface area contributed by atoms with E-state index in [1.807, 2.05) is 13.0 Å². The third-order valence-corrected chi connectivity index (χ3v) is 5.28. The summed E-state index contributed by atoms with van der Waals surface area (Å²) in [4.78, 5) is 13.0. The molecule has 0 saturated heterocycles.